The molecule has 98 valence electrons. The van der Waals surface area contributed by atoms with E-state index in [-0.39, 0.29) is 5.97 Å². The lowest BCUT2D eigenvalue weighted by molar-refractivity contribution is -0.143. The number of carbonyl (C=O) groups excluding carboxylic acids is 1. The molecule has 0 aliphatic carbocycles. The number of unbranched alkanes of at least 4 members (excludes halogenated alkanes) is 2. The van der Waals surface area contributed by atoms with E-state index in [1.165, 1.54) is 0 Å². The third kappa shape index (κ3) is 15.9. The van der Waals surface area contributed by atoms with E-state index >= 15 is 0 Å². The van der Waals surface area contributed by atoms with E-state index in [0.29, 0.717) is 25.6 Å². The van der Waals surface area contributed by atoms with Crippen molar-refractivity contribution in [2.75, 3.05) is 13.2 Å². The summed E-state index contributed by atoms with van der Waals surface area (Å²) in [5.41, 5.74) is 0. The zero-order valence-corrected chi connectivity index (χ0v) is 11.3. The van der Waals surface area contributed by atoms with Crippen LogP contribution in [-0.4, -0.2) is 24.3 Å². The van der Waals surface area contributed by atoms with Crippen LogP contribution in [0.2, 0.25) is 0 Å². The maximum Gasteiger partial charge on any atom is 0.305 e. The van der Waals surface area contributed by atoms with Crippen molar-refractivity contribution in [2.45, 2.75) is 59.8 Å². The summed E-state index contributed by atoms with van der Waals surface area (Å²) in [7, 11) is 0. The number of aliphatic hydroxyl groups is 1. The minimum atomic E-state index is -0.0593. The molecule has 16 heavy (non-hydrogen) atoms. The van der Waals surface area contributed by atoms with E-state index in [1.807, 2.05) is 13.8 Å². The Morgan fingerprint density at radius 3 is 2.19 bits per heavy atom. The highest BCUT2D eigenvalue weighted by Gasteiger charge is 1.98. The van der Waals surface area contributed by atoms with Gasteiger partial charge in [0.15, 0.2) is 0 Å². The van der Waals surface area contributed by atoms with E-state index in [9.17, 15) is 4.79 Å². The van der Waals surface area contributed by atoms with Crippen molar-refractivity contribution in [1.29, 1.82) is 0 Å². The fourth-order valence-corrected chi connectivity index (χ4v) is 0.882. The molecule has 0 aliphatic rings. The van der Waals surface area contributed by atoms with Gasteiger partial charge in [0.05, 0.1) is 6.61 Å². The third-order valence-corrected chi connectivity index (χ3v) is 2.30. The van der Waals surface area contributed by atoms with Crippen molar-refractivity contribution >= 4 is 5.97 Å². The van der Waals surface area contributed by atoms with Crippen LogP contribution in [0.4, 0.5) is 0 Å². The highest BCUT2D eigenvalue weighted by atomic mass is 16.5. The van der Waals surface area contributed by atoms with Gasteiger partial charge in [-0.15, -0.1) is 0 Å². The molecule has 0 spiro atoms. The first-order chi connectivity index (χ1) is 7.62. The van der Waals surface area contributed by atoms with Crippen LogP contribution >= 0.6 is 0 Å². The number of rotatable bonds is 7. The maximum absolute atomic E-state index is 10.7. The number of hydrogen-bond acceptors (Lipinski definition) is 3. The van der Waals surface area contributed by atoms with Crippen LogP contribution in [-0.2, 0) is 9.53 Å². The summed E-state index contributed by atoms with van der Waals surface area (Å²) in [5.74, 6) is 0.431. The van der Waals surface area contributed by atoms with Gasteiger partial charge in [-0.05, 0) is 19.3 Å². The van der Waals surface area contributed by atoms with Crippen LogP contribution in [0.25, 0.3) is 0 Å². The molecule has 0 aromatic heterocycles. The highest BCUT2D eigenvalue weighted by molar-refractivity contribution is 5.69. The van der Waals surface area contributed by atoms with Gasteiger partial charge in [-0.1, -0.05) is 40.0 Å². The lowest BCUT2D eigenvalue weighted by atomic mass is 10.1. The molecule has 0 aromatic rings. The fraction of sp³-hybridized carbons (Fsp3) is 0.923. The summed E-state index contributed by atoms with van der Waals surface area (Å²) in [4.78, 5) is 10.7. The Bertz CT molecular complexity index is 142. The second-order valence-electron chi connectivity index (χ2n) is 3.96. The Hall–Kier alpha value is -0.570. The molecule has 3 nitrogen and oxygen atoms in total. The van der Waals surface area contributed by atoms with E-state index in [0.717, 1.165) is 25.7 Å². The van der Waals surface area contributed by atoms with Gasteiger partial charge in [0, 0.05) is 13.0 Å². The molecule has 0 bridgehead atoms. The molecule has 1 atom stereocenters. The van der Waals surface area contributed by atoms with Gasteiger partial charge >= 0.3 is 5.97 Å². The van der Waals surface area contributed by atoms with Gasteiger partial charge < -0.3 is 9.84 Å². The van der Waals surface area contributed by atoms with Crippen molar-refractivity contribution in [3.8, 4) is 0 Å². The van der Waals surface area contributed by atoms with Crippen LogP contribution in [0, 0.1) is 5.92 Å². The minimum Gasteiger partial charge on any atom is -0.466 e. The van der Waals surface area contributed by atoms with Gasteiger partial charge in [-0.25, -0.2) is 0 Å². The normalized spacial score (nSPS) is 11.3. The summed E-state index contributed by atoms with van der Waals surface area (Å²) in [5, 5.41) is 8.33. The summed E-state index contributed by atoms with van der Waals surface area (Å²) in [6.07, 6.45) is 4.91. The maximum atomic E-state index is 10.7. The molecule has 1 unspecified atom stereocenters. The van der Waals surface area contributed by atoms with Crippen molar-refractivity contribution in [1.82, 2.24) is 0 Å². The van der Waals surface area contributed by atoms with E-state index in [2.05, 4.69) is 13.8 Å². The molecule has 0 heterocycles. The zero-order chi connectivity index (χ0) is 12.8. The van der Waals surface area contributed by atoms with Crippen LogP contribution < -0.4 is 0 Å². The van der Waals surface area contributed by atoms with Crippen LogP contribution in [0.1, 0.15) is 59.8 Å². The molecule has 1 N–H and O–H groups in total. The fourth-order valence-electron chi connectivity index (χ4n) is 0.882. The zero-order valence-electron chi connectivity index (χ0n) is 11.3. The quantitative estimate of drug-likeness (QED) is 0.542. The first kappa shape index (κ1) is 17.8. The lowest BCUT2D eigenvalue weighted by Crippen LogP contribution is -2.02. The minimum absolute atomic E-state index is 0.0593. The second-order valence-corrected chi connectivity index (χ2v) is 3.96. The Labute approximate surface area is 100 Å². The first-order valence-corrected chi connectivity index (χ1v) is 6.38. The molecule has 0 saturated heterocycles. The number of carbonyl (C=O) groups is 1. The predicted molar refractivity (Wildman–Crippen MR) is 67.3 cm³/mol. The van der Waals surface area contributed by atoms with Crippen LogP contribution in [0.15, 0.2) is 0 Å². The van der Waals surface area contributed by atoms with Gasteiger partial charge in [-0.3, -0.25) is 4.79 Å². The smallest absolute Gasteiger partial charge is 0.305 e. The van der Waals surface area contributed by atoms with Crippen molar-refractivity contribution in [2.24, 2.45) is 5.92 Å². The number of hydrogen-bond donors (Lipinski definition) is 1. The first-order valence-electron chi connectivity index (χ1n) is 6.38. The van der Waals surface area contributed by atoms with Gasteiger partial charge in [0.25, 0.3) is 0 Å². The van der Waals surface area contributed by atoms with E-state index < -0.39 is 0 Å². The van der Waals surface area contributed by atoms with Crippen LogP contribution in [0.3, 0.4) is 0 Å². The monoisotopic (exact) mass is 232 g/mol. The molecular formula is C13H28O3. The summed E-state index contributed by atoms with van der Waals surface area (Å²) < 4.78 is 4.75. The molecule has 0 radical (unpaired) electrons. The average Bonchev–Trinajstić information content (AvgIpc) is 2.29. The van der Waals surface area contributed by atoms with Crippen molar-refractivity contribution in [3.63, 3.8) is 0 Å². The molecule has 0 aliphatic heterocycles. The lowest BCUT2D eigenvalue weighted by Gasteiger charge is -1.99. The van der Waals surface area contributed by atoms with E-state index in [1.54, 1.807) is 0 Å². The summed E-state index contributed by atoms with van der Waals surface area (Å²) in [6, 6.07) is 0. The molecule has 0 aromatic carbocycles. The molecule has 0 rings (SSSR count). The van der Waals surface area contributed by atoms with E-state index in [4.69, 9.17) is 9.84 Å². The molecule has 0 amide bonds. The standard InChI is InChI=1S/C8H16O2.C5H12O/c1-3-5-6-7-8(9)10-4-2;1-3-5(2)4-6/h3-7H2,1-2H3;5-6H,3-4H2,1-2H3. The second kappa shape index (κ2) is 14.4. The third-order valence-electron chi connectivity index (χ3n) is 2.30. The number of ether oxygens (including phenoxy) is 1. The number of aliphatic hydroxyl groups excluding tert-OH is 1. The van der Waals surface area contributed by atoms with Gasteiger partial charge in [0.2, 0.25) is 0 Å². The van der Waals surface area contributed by atoms with Gasteiger partial charge in [-0.2, -0.15) is 0 Å². The predicted octanol–water partition coefficient (Wildman–Crippen LogP) is 3.15. The SMILES string of the molecule is CCC(C)CO.CCCCCC(=O)OCC. The van der Waals surface area contributed by atoms with Crippen LogP contribution in [0.5, 0.6) is 0 Å². The largest absolute Gasteiger partial charge is 0.466 e. The Kier molecular flexibility index (Phi) is 16.1. The van der Waals surface area contributed by atoms with Gasteiger partial charge in [0.1, 0.15) is 0 Å². The summed E-state index contributed by atoms with van der Waals surface area (Å²) >= 11 is 0. The Morgan fingerprint density at radius 1 is 1.25 bits per heavy atom. The summed E-state index contributed by atoms with van der Waals surface area (Å²) in [6.45, 7) is 8.88. The number of esters is 1. The Balaban J connectivity index is 0. The van der Waals surface area contributed by atoms with Crippen molar-refractivity contribution < 1.29 is 14.6 Å². The topological polar surface area (TPSA) is 46.5 Å². The molecular weight excluding hydrogens is 204 g/mol. The highest BCUT2D eigenvalue weighted by Crippen LogP contribution is 1.99. The molecule has 3 heteroatoms. The molecule has 0 saturated carbocycles. The van der Waals surface area contributed by atoms with Crippen molar-refractivity contribution in [3.05, 3.63) is 0 Å². The molecule has 0 fully saturated rings. The average molecular weight is 232 g/mol. The Morgan fingerprint density at radius 2 is 1.88 bits per heavy atom.